The third-order valence-electron chi connectivity index (χ3n) is 3.09. The van der Waals surface area contributed by atoms with Crippen LogP contribution in [-0.2, 0) is 16.1 Å². The van der Waals surface area contributed by atoms with Gasteiger partial charge in [0.25, 0.3) is 0 Å². The van der Waals surface area contributed by atoms with Crippen molar-refractivity contribution in [3.8, 4) is 0 Å². The summed E-state index contributed by atoms with van der Waals surface area (Å²) in [7, 11) is 0. The molecule has 0 aromatic carbocycles. The van der Waals surface area contributed by atoms with Crippen molar-refractivity contribution in [2.75, 3.05) is 0 Å². The Bertz CT molecular complexity index is 315. The van der Waals surface area contributed by atoms with Crippen LogP contribution in [0.5, 0.6) is 0 Å². The fraction of sp³-hybridized carbons (Fsp3) is 0.643. The van der Waals surface area contributed by atoms with Crippen LogP contribution in [0, 0.1) is 0 Å². The first kappa shape index (κ1) is 12.5. The Morgan fingerprint density at radius 1 is 1.41 bits per heavy atom. The molecule has 94 valence electrons. The van der Waals surface area contributed by atoms with E-state index in [2.05, 4.69) is 11.9 Å². The summed E-state index contributed by atoms with van der Waals surface area (Å²) < 4.78 is 11.5. The molecule has 1 aromatic rings. The molecule has 0 amide bonds. The maximum Gasteiger partial charge on any atom is 0.158 e. The molecule has 2 rings (SSSR count). The normalized spacial score (nSPS) is 24.1. The van der Waals surface area contributed by atoms with Gasteiger partial charge in [0.1, 0.15) is 0 Å². The summed E-state index contributed by atoms with van der Waals surface area (Å²) in [5.74, 6) is 0. The number of rotatable bonds is 6. The maximum absolute atomic E-state index is 5.84. The van der Waals surface area contributed by atoms with Gasteiger partial charge in [-0.15, -0.1) is 0 Å². The first-order chi connectivity index (χ1) is 8.38. The van der Waals surface area contributed by atoms with E-state index in [0.717, 1.165) is 18.5 Å². The Kier molecular flexibility index (Phi) is 4.95. The van der Waals surface area contributed by atoms with Gasteiger partial charge in [-0.1, -0.05) is 25.8 Å². The van der Waals surface area contributed by atoms with Crippen molar-refractivity contribution in [2.45, 2.75) is 58.0 Å². The van der Waals surface area contributed by atoms with Gasteiger partial charge in [0.05, 0.1) is 18.4 Å². The van der Waals surface area contributed by atoms with Crippen LogP contribution in [0.3, 0.4) is 0 Å². The SMILES string of the molecule is CCCCC1CCC(OCc2ccccn2)O1. The van der Waals surface area contributed by atoms with Gasteiger partial charge in [0, 0.05) is 12.6 Å². The van der Waals surface area contributed by atoms with E-state index in [9.17, 15) is 0 Å². The lowest BCUT2D eigenvalue weighted by molar-refractivity contribution is -0.142. The molecule has 0 radical (unpaired) electrons. The van der Waals surface area contributed by atoms with Gasteiger partial charge in [-0.3, -0.25) is 4.98 Å². The first-order valence-electron chi connectivity index (χ1n) is 6.55. The number of hydrogen-bond donors (Lipinski definition) is 0. The zero-order valence-corrected chi connectivity index (χ0v) is 10.5. The predicted molar refractivity (Wildman–Crippen MR) is 66.4 cm³/mol. The standard InChI is InChI=1S/C14H21NO2/c1-2-3-7-13-8-9-14(17-13)16-11-12-6-4-5-10-15-12/h4-6,10,13-14H,2-3,7-9,11H2,1H3. The maximum atomic E-state index is 5.84. The molecular weight excluding hydrogens is 214 g/mol. The molecule has 1 saturated heterocycles. The molecule has 0 spiro atoms. The van der Waals surface area contributed by atoms with Crippen molar-refractivity contribution >= 4 is 0 Å². The fourth-order valence-corrected chi connectivity index (χ4v) is 2.10. The highest BCUT2D eigenvalue weighted by Crippen LogP contribution is 2.24. The number of unbranched alkanes of at least 4 members (excludes halogenated alkanes) is 1. The Hall–Kier alpha value is -0.930. The van der Waals surface area contributed by atoms with Crippen molar-refractivity contribution in [1.82, 2.24) is 4.98 Å². The molecule has 1 aliphatic rings. The largest absolute Gasteiger partial charge is 0.349 e. The molecule has 1 fully saturated rings. The minimum Gasteiger partial charge on any atom is -0.349 e. The van der Waals surface area contributed by atoms with Gasteiger partial charge in [-0.2, -0.15) is 0 Å². The Morgan fingerprint density at radius 3 is 3.12 bits per heavy atom. The number of ether oxygens (including phenoxy) is 2. The van der Waals surface area contributed by atoms with Crippen LogP contribution in [-0.4, -0.2) is 17.4 Å². The van der Waals surface area contributed by atoms with E-state index in [4.69, 9.17) is 9.47 Å². The quantitative estimate of drug-likeness (QED) is 0.758. The number of hydrogen-bond acceptors (Lipinski definition) is 3. The summed E-state index contributed by atoms with van der Waals surface area (Å²) in [4.78, 5) is 4.23. The second-order valence-corrected chi connectivity index (χ2v) is 4.54. The van der Waals surface area contributed by atoms with E-state index < -0.39 is 0 Å². The van der Waals surface area contributed by atoms with Gasteiger partial charge < -0.3 is 9.47 Å². The third-order valence-corrected chi connectivity index (χ3v) is 3.09. The summed E-state index contributed by atoms with van der Waals surface area (Å²) in [6, 6.07) is 5.87. The Labute approximate surface area is 103 Å². The lowest BCUT2D eigenvalue weighted by Gasteiger charge is -2.13. The van der Waals surface area contributed by atoms with E-state index in [1.807, 2.05) is 18.2 Å². The summed E-state index contributed by atoms with van der Waals surface area (Å²) in [6.45, 7) is 2.76. The summed E-state index contributed by atoms with van der Waals surface area (Å²) in [5.41, 5.74) is 0.966. The van der Waals surface area contributed by atoms with Crippen molar-refractivity contribution in [2.24, 2.45) is 0 Å². The lowest BCUT2D eigenvalue weighted by atomic mass is 10.1. The van der Waals surface area contributed by atoms with Crippen LogP contribution in [0.2, 0.25) is 0 Å². The number of pyridine rings is 1. The molecule has 0 bridgehead atoms. The number of nitrogens with zero attached hydrogens (tertiary/aromatic N) is 1. The monoisotopic (exact) mass is 235 g/mol. The molecule has 2 heterocycles. The zero-order chi connectivity index (χ0) is 11.9. The molecule has 17 heavy (non-hydrogen) atoms. The minimum atomic E-state index is -0.0288. The van der Waals surface area contributed by atoms with Crippen LogP contribution < -0.4 is 0 Å². The average Bonchev–Trinajstić information content (AvgIpc) is 2.83. The zero-order valence-electron chi connectivity index (χ0n) is 10.5. The third kappa shape index (κ3) is 4.10. The molecule has 2 atom stereocenters. The minimum absolute atomic E-state index is 0.0288. The van der Waals surface area contributed by atoms with Crippen LogP contribution >= 0.6 is 0 Å². The molecule has 0 N–H and O–H groups in total. The summed E-state index contributed by atoms with van der Waals surface area (Å²) in [5, 5.41) is 0. The molecule has 1 aliphatic heterocycles. The Morgan fingerprint density at radius 2 is 2.35 bits per heavy atom. The van der Waals surface area contributed by atoms with E-state index in [-0.39, 0.29) is 6.29 Å². The molecule has 3 nitrogen and oxygen atoms in total. The smallest absolute Gasteiger partial charge is 0.158 e. The van der Waals surface area contributed by atoms with Crippen LogP contribution in [0.15, 0.2) is 24.4 Å². The first-order valence-corrected chi connectivity index (χ1v) is 6.55. The second-order valence-electron chi connectivity index (χ2n) is 4.54. The summed E-state index contributed by atoms with van der Waals surface area (Å²) in [6.07, 6.45) is 7.96. The van der Waals surface area contributed by atoms with Gasteiger partial charge in [0.15, 0.2) is 6.29 Å². The highest BCUT2D eigenvalue weighted by molar-refractivity contribution is 5.01. The van der Waals surface area contributed by atoms with Crippen molar-refractivity contribution in [3.05, 3.63) is 30.1 Å². The van der Waals surface area contributed by atoms with E-state index in [0.29, 0.717) is 12.7 Å². The summed E-state index contributed by atoms with van der Waals surface area (Å²) >= 11 is 0. The Balaban J connectivity index is 1.68. The van der Waals surface area contributed by atoms with Crippen LogP contribution in [0.1, 0.15) is 44.7 Å². The van der Waals surface area contributed by atoms with Gasteiger partial charge in [-0.05, 0) is 25.0 Å². The fourth-order valence-electron chi connectivity index (χ4n) is 2.10. The van der Waals surface area contributed by atoms with E-state index in [1.165, 1.54) is 19.3 Å². The van der Waals surface area contributed by atoms with Crippen LogP contribution in [0.25, 0.3) is 0 Å². The van der Waals surface area contributed by atoms with E-state index in [1.54, 1.807) is 6.20 Å². The average molecular weight is 235 g/mol. The highest BCUT2D eigenvalue weighted by Gasteiger charge is 2.25. The number of aromatic nitrogens is 1. The second kappa shape index (κ2) is 6.72. The molecular formula is C14H21NO2. The van der Waals surface area contributed by atoms with Crippen molar-refractivity contribution < 1.29 is 9.47 Å². The van der Waals surface area contributed by atoms with Gasteiger partial charge in [0.2, 0.25) is 0 Å². The molecule has 0 saturated carbocycles. The van der Waals surface area contributed by atoms with Gasteiger partial charge in [-0.25, -0.2) is 0 Å². The highest BCUT2D eigenvalue weighted by atomic mass is 16.7. The topological polar surface area (TPSA) is 31.4 Å². The molecule has 3 heteroatoms. The van der Waals surface area contributed by atoms with E-state index >= 15 is 0 Å². The van der Waals surface area contributed by atoms with Crippen molar-refractivity contribution in [1.29, 1.82) is 0 Å². The van der Waals surface area contributed by atoms with Crippen molar-refractivity contribution in [3.63, 3.8) is 0 Å². The molecule has 2 unspecified atom stereocenters. The lowest BCUT2D eigenvalue weighted by Crippen LogP contribution is -2.14. The predicted octanol–water partition coefficient (Wildman–Crippen LogP) is 3.29. The van der Waals surface area contributed by atoms with Crippen LogP contribution in [0.4, 0.5) is 0 Å². The molecule has 1 aromatic heterocycles. The van der Waals surface area contributed by atoms with Gasteiger partial charge >= 0.3 is 0 Å². The molecule has 0 aliphatic carbocycles.